The molecule has 0 fully saturated rings. The Hall–Kier alpha value is -1.35. The largest absolute Gasteiger partial charge is 0.508 e. The maximum atomic E-state index is 9.20. The summed E-state index contributed by atoms with van der Waals surface area (Å²) in [6.45, 7) is 3.57. The van der Waals surface area contributed by atoms with Crippen LogP contribution in [0.15, 0.2) is 59.5 Å². The normalized spacial score (nSPS) is 16.8. The van der Waals surface area contributed by atoms with E-state index >= 15 is 0 Å². The van der Waals surface area contributed by atoms with Gasteiger partial charge in [0.25, 0.3) is 0 Å². The van der Waals surface area contributed by atoms with Gasteiger partial charge in [0.05, 0.1) is 5.03 Å². The molecule has 1 aliphatic carbocycles. The Morgan fingerprint density at radius 2 is 2.36 bits per heavy atom. The zero-order valence-corrected chi connectivity index (χ0v) is 8.67. The summed E-state index contributed by atoms with van der Waals surface area (Å²) in [7, 11) is 0. The number of hydrogen-bond donors (Lipinski definition) is 3. The second kappa shape index (κ2) is 5.40. The van der Waals surface area contributed by atoms with Crippen LogP contribution in [0.1, 0.15) is 6.42 Å². The molecule has 74 valence electrons. The molecule has 3 heteroatoms. The van der Waals surface area contributed by atoms with Gasteiger partial charge in [-0.05, 0) is 24.3 Å². The number of nitrogens with one attached hydrogen (secondary N) is 1. The van der Waals surface area contributed by atoms with Gasteiger partial charge >= 0.3 is 0 Å². The molecule has 0 spiro atoms. The van der Waals surface area contributed by atoms with Crippen LogP contribution in [0.4, 0.5) is 0 Å². The van der Waals surface area contributed by atoms with Crippen LogP contribution >= 0.6 is 12.6 Å². The standard InChI is InChI=1S/C11H13NOS/c1-2-4-11(14)12-9-5-3-6-10(13)8-7-9/h2-4,6-8,12-14H,1,5H2/b11-4+. The molecule has 0 saturated heterocycles. The molecule has 2 nitrogen and oxygen atoms in total. The number of thiol groups is 1. The summed E-state index contributed by atoms with van der Waals surface area (Å²) in [5, 5.41) is 13.0. The van der Waals surface area contributed by atoms with E-state index < -0.39 is 0 Å². The lowest BCUT2D eigenvalue weighted by atomic mass is 10.3. The summed E-state index contributed by atoms with van der Waals surface area (Å²) >= 11 is 4.21. The quantitative estimate of drug-likeness (QED) is 0.491. The topological polar surface area (TPSA) is 32.3 Å². The molecule has 0 unspecified atom stereocenters. The van der Waals surface area contributed by atoms with Crippen molar-refractivity contribution in [3.05, 3.63) is 59.5 Å². The van der Waals surface area contributed by atoms with Crippen LogP contribution in [0, 0.1) is 0 Å². The first-order valence-electron chi connectivity index (χ1n) is 4.27. The lowest BCUT2D eigenvalue weighted by Gasteiger charge is -2.06. The highest BCUT2D eigenvalue weighted by molar-refractivity contribution is 7.84. The first kappa shape index (κ1) is 10.7. The van der Waals surface area contributed by atoms with Crippen LogP contribution in [0.5, 0.6) is 0 Å². The predicted molar refractivity (Wildman–Crippen MR) is 63.0 cm³/mol. The van der Waals surface area contributed by atoms with Crippen LogP contribution in [0.3, 0.4) is 0 Å². The summed E-state index contributed by atoms with van der Waals surface area (Å²) in [4.78, 5) is 0. The van der Waals surface area contributed by atoms with Gasteiger partial charge in [0, 0.05) is 12.1 Å². The molecule has 0 atom stereocenters. The zero-order valence-electron chi connectivity index (χ0n) is 7.77. The molecule has 0 bridgehead atoms. The van der Waals surface area contributed by atoms with Gasteiger partial charge in [-0.2, -0.15) is 0 Å². The average molecular weight is 207 g/mol. The summed E-state index contributed by atoms with van der Waals surface area (Å²) in [6, 6.07) is 0. The predicted octanol–water partition coefficient (Wildman–Crippen LogP) is 2.82. The van der Waals surface area contributed by atoms with E-state index in [2.05, 4.69) is 24.5 Å². The third kappa shape index (κ3) is 3.58. The molecular formula is C11H13NOS. The third-order valence-electron chi connectivity index (χ3n) is 1.65. The van der Waals surface area contributed by atoms with Crippen LogP contribution in [-0.4, -0.2) is 5.11 Å². The van der Waals surface area contributed by atoms with Crippen molar-refractivity contribution in [1.29, 1.82) is 0 Å². The Morgan fingerprint density at radius 3 is 3.07 bits per heavy atom. The Morgan fingerprint density at radius 1 is 1.57 bits per heavy atom. The van der Waals surface area contributed by atoms with E-state index in [0.29, 0.717) is 0 Å². The molecule has 1 rings (SSSR count). The highest BCUT2D eigenvalue weighted by atomic mass is 32.1. The van der Waals surface area contributed by atoms with Gasteiger partial charge in [0.2, 0.25) is 0 Å². The number of hydrogen-bond acceptors (Lipinski definition) is 3. The molecule has 14 heavy (non-hydrogen) atoms. The fourth-order valence-electron chi connectivity index (χ4n) is 1.03. The van der Waals surface area contributed by atoms with E-state index in [4.69, 9.17) is 0 Å². The Bertz CT molecular complexity index is 337. The minimum atomic E-state index is 0.259. The van der Waals surface area contributed by atoms with Crippen molar-refractivity contribution in [3.63, 3.8) is 0 Å². The van der Waals surface area contributed by atoms with Gasteiger partial charge in [-0.3, -0.25) is 0 Å². The first-order valence-corrected chi connectivity index (χ1v) is 4.72. The van der Waals surface area contributed by atoms with Gasteiger partial charge in [0.1, 0.15) is 5.76 Å². The average Bonchev–Trinajstić information content (AvgIpc) is 2.32. The lowest BCUT2D eigenvalue weighted by molar-refractivity contribution is 0.432. The highest BCUT2D eigenvalue weighted by Gasteiger charge is 1.98. The van der Waals surface area contributed by atoms with Crippen molar-refractivity contribution in [2.24, 2.45) is 0 Å². The van der Waals surface area contributed by atoms with Crippen molar-refractivity contribution >= 4 is 12.6 Å². The van der Waals surface area contributed by atoms with Crippen molar-refractivity contribution < 1.29 is 5.11 Å². The molecule has 1 aliphatic rings. The molecule has 0 aromatic carbocycles. The third-order valence-corrected chi connectivity index (χ3v) is 1.91. The number of aliphatic hydroxyl groups is 1. The van der Waals surface area contributed by atoms with Crippen LogP contribution in [0.25, 0.3) is 0 Å². The van der Waals surface area contributed by atoms with Crippen LogP contribution in [-0.2, 0) is 0 Å². The van der Waals surface area contributed by atoms with E-state index in [1.54, 1.807) is 24.3 Å². The SMILES string of the molecule is C=C/C=C(/S)NC1=CC=C(O)C=CC1. The Labute approximate surface area is 89.4 Å². The molecule has 0 heterocycles. The summed E-state index contributed by atoms with van der Waals surface area (Å²) in [5.74, 6) is 0.259. The molecule has 0 aromatic rings. The monoisotopic (exact) mass is 207 g/mol. The second-order valence-electron chi connectivity index (χ2n) is 2.80. The van der Waals surface area contributed by atoms with Crippen molar-refractivity contribution in [1.82, 2.24) is 5.32 Å². The minimum absolute atomic E-state index is 0.259. The van der Waals surface area contributed by atoms with E-state index in [1.807, 2.05) is 12.2 Å². The first-order chi connectivity index (χ1) is 6.72. The molecule has 2 N–H and O–H groups in total. The number of aliphatic hydroxyl groups excluding tert-OH is 1. The Balaban J connectivity index is 2.67. The van der Waals surface area contributed by atoms with E-state index in [-0.39, 0.29) is 5.76 Å². The molecule has 0 amide bonds. The fraction of sp³-hybridized carbons (Fsp3) is 0.0909. The zero-order chi connectivity index (χ0) is 10.4. The molecule has 0 radical (unpaired) electrons. The summed E-state index contributed by atoms with van der Waals surface area (Å²) < 4.78 is 0. The van der Waals surface area contributed by atoms with Crippen LogP contribution in [0.2, 0.25) is 0 Å². The van der Waals surface area contributed by atoms with Crippen LogP contribution < -0.4 is 5.32 Å². The van der Waals surface area contributed by atoms with Crippen molar-refractivity contribution in [2.75, 3.05) is 0 Å². The molecule has 0 saturated carbocycles. The van der Waals surface area contributed by atoms with Crippen molar-refractivity contribution in [3.8, 4) is 0 Å². The highest BCUT2D eigenvalue weighted by Crippen LogP contribution is 2.10. The smallest absolute Gasteiger partial charge is 0.115 e. The summed E-state index contributed by atoms with van der Waals surface area (Å²) in [5.41, 5.74) is 0.980. The molecule has 0 aromatic heterocycles. The maximum Gasteiger partial charge on any atom is 0.115 e. The van der Waals surface area contributed by atoms with Crippen molar-refractivity contribution in [2.45, 2.75) is 6.42 Å². The number of allylic oxidation sites excluding steroid dienone is 6. The molecule has 0 aliphatic heterocycles. The van der Waals surface area contributed by atoms with Gasteiger partial charge in [0.15, 0.2) is 0 Å². The van der Waals surface area contributed by atoms with E-state index in [9.17, 15) is 5.11 Å². The second-order valence-corrected chi connectivity index (χ2v) is 3.28. The summed E-state index contributed by atoms with van der Waals surface area (Å²) in [6.07, 6.45) is 11.2. The molecular weight excluding hydrogens is 194 g/mol. The van der Waals surface area contributed by atoms with Gasteiger partial charge in [-0.15, -0.1) is 12.6 Å². The minimum Gasteiger partial charge on any atom is -0.508 e. The maximum absolute atomic E-state index is 9.20. The Kier molecular flexibility index (Phi) is 4.13. The number of rotatable bonds is 3. The van der Waals surface area contributed by atoms with Gasteiger partial charge < -0.3 is 10.4 Å². The van der Waals surface area contributed by atoms with E-state index in [0.717, 1.165) is 17.1 Å². The van der Waals surface area contributed by atoms with E-state index in [1.165, 1.54) is 0 Å². The van der Waals surface area contributed by atoms with Gasteiger partial charge in [-0.1, -0.05) is 18.7 Å². The fourth-order valence-corrected chi connectivity index (χ4v) is 1.28. The lowest BCUT2D eigenvalue weighted by Crippen LogP contribution is -2.07. The van der Waals surface area contributed by atoms with Gasteiger partial charge in [-0.25, -0.2) is 0 Å².